The molecular formula is C36H72O8S. The van der Waals surface area contributed by atoms with Gasteiger partial charge in [-0.15, -0.1) is 13.2 Å². The molecule has 45 heavy (non-hydrogen) atoms. The van der Waals surface area contributed by atoms with Crippen molar-refractivity contribution in [3.05, 3.63) is 78.4 Å². The number of phenols is 1. The van der Waals surface area contributed by atoms with Crippen molar-refractivity contribution in [2.45, 2.75) is 113 Å². The van der Waals surface area contributed by atoms with Crippen molar-refractivity contribution < 1.29 is 39.2 Å². The lowest BCUT2D eigenvalue weighted by molar-refractivity contribution is 0.399. The highest BCUT2D eigenvalue weighted by Crippen LogP contribution is 2.39. The molecule has 9 heteroatoms. The lowest BCUT2D eigenvalue weighted by Gasteiger charge is -2.27. The minimum Gasteiger partial charge on any atom is -0.507 e. The van der Waals surface area contributed by atoms with E-state index in [0.717, 1.165) is 51.0 Å². The Labute approximate surface area is 278 Å². The summed E-state index contributed by atoms with van der Waals surface area (Å²) in [6, 6.07) is 4.18. The van der Waals surface area contributed by atoms with Crippen molar-refractivity contribution in [1.29, 1.82) is 0 Å². The van der Waals surface area contributed by atoms with Crippen LogP contribution in [0.15, 0.2) is 61.7 Å². The van der Waals surface area contributed by atoms with Crippen LogP contribution in [0, 0.1) is 18.8 Å². The molecule has 0 aliphatic carbocycles. The normalized spacial score (nSPS) is 10.6. The number of hydrogen-bond donors (Lipinski definition) is 4. The van der Waals surface area contributed by atoms with Gasteiger partial charge in [-0.1, -0.05) is 123 Å². The summed E-state index contributed by atoms with van der Waals surface area (Å²) in [5, 5.41) is 24.4. The molecule has 1 aromatic carbocycles. The van der Waals surface area contributed by atoms with E-state index in [9.17, 15) is 13.5 Å². The maximum absolute atomic E-state index is 10.4. The molecule has 0 saturated heterocycles. The van der Waals surface area contributed by atoms with Gasteiger partial charge >= 0.3 is 0 Å². The number of benzene rings is 1. The van der Waals surface area contributed by atoms with E-state index in [1.807, 2.05) is 12.2 Å². The van der Waals surface area contributed by atoms with E-state index in [1.54, 1.807) is 0 Å². The second-order valence-corrected chi connectivity index (χ2v) is 14.0. The first kappa shape index (κ1) is 58.3. The van der Waals surface area contributed by atoms with Crippen LogP contribution in [0.5, 0.6) is 5.75 Å². The van der Waals surface area contributed by atoms with E-state index < -0.39 is 10.1 Å². The molecule has 0 bridgehead atoms. The van der Waals surface area contributed by atoms with Gasteiger partial charge in [-0.05, 0) is 66.4 Å². The van der Waals surface area contributed by atoms with Crippen LogP contribution in [0.3, 0.4) is 0 Å². The zero-order valence-corrected chi connectivity index (χ0v) is 31.8. The SMILES string of the molecule is C=CCC/C=C/C(C)C.C=CCC/C=C/C(C)C.CO.CO.CS(=O)(=O)O.Cc1cc(C(C)(C)C)c(O)c(C(C)(C)C)c1.O.O. The van der Waals surface area contributed by atoms with Gasteiger partial charge in [0.1, 0.15) is 5.75 Å². The van der Waals surface area contributed by atoms with E-state index in [-0.39, 0.29) is 21.8 Å². The highest BCUT2D eigenvalue weighted by molar-refractivity contribution is 7.85. The van der Waals surface area contributed by atoms with Gasteiger partial charge in [-0.25, -0.2) is 0 Å². The second kappa shape index (κ2) is 33.1. The number of aryl methyl sites for hydroxylation is 1. The van der Waals surface area contributed by atoms with E-state index in [1.165, 1.54) is 5.56 Å². The molecule has 0 aliphatic heterocycles. The van der Waals surface area contributed by atoms with Crippen molar-refractivity contribution in [2.24, 2.45) is 11.8 Å². The molecule has 0 spiro atoms. The average Bonchev–Trinajstić information content (AvgIpc) is 2.86. The Bertz CT molecular complexity index is 910. The van der Waals surface area contributed by atoms with Crippen LogP contribution in [0.25, 0.3) is 0 Å². The number of phenolic OH excluding ortho intramolecular Hbond substituents is 1. The monoisotopic (exact) mass is 664 g/mol. The number of rotatable bonds is 8. The average molecular weight is 665 g/mol. The van der Waals surface area contributed by atoms with Crippen LogP contribution in [0.4, 0.5) is 0 Å². The zero-order valence-electron chi connectivity index (χ0n) is 31.0. The highest BCUT2D eigenvalue weighted by Gasteiger charge is 2.25. The van der Waals surface area contributed by atoms with Gasteiger partial charge in [-0.3, -0.25) is 4.55 Å². The molecule has 1 aromatic rings. The third-order valence-electron chi connectivity index (χ3n) is 4.99. The minimum atomic E-state index is -3.67. The van der Waals surface area contributed by atoms with Gasteiger partial charge in [0.25, 0.3) is 10.1 Å². The van der Waals surface area contributed by atoms with Gasteiger partial charge < -0.3 is 26.3 Å². The Morgan fingerprint density at radius 2 is 0.956 bits per heavy atom. The number of unbranched alkanes of at least 4 members (excludes halogenated alkanes) is 2. The van der Waals surface area contributed by atoms with Gasteiger partial charge in [0.05, 0.1) is 6.26 Å². The van der Waals surface area contributed by atoms with Gasteiger partial charge in [-0.2, -0.15) is 8.42 Å². The molecule has 0 aromatic heterocycles. The molecule has 0 unspecified atom stereocenters. The van der Waals surface area contributed by atoms with Crippen LogP contribution >= 0.6 is 0 Å². The van der Waals surface area contributed by atoms with E-state index in [2.05, 4.69) is 126 Å². The van der Waals surface area contributed by atoms with Crippen LogP contribution in [-0.4, -0.2) is 59.7 Å². The summed E-state index contributed by atoms with van der Waals surface area (Å²) >= 11 is 0. The topological polar surface area (TPSA) is 178 Å². The van der Waals surface area contributed by atoms with Crippen molar-refractivity contribution in [3.8, 4) is 5.75 Å². The predicted molar refractivity (Wildman–Crippen MR) is 198 cm³/mol. The van der Waals surface area contributed by atoms with Crippen molar-refractivity contribution in [3.63, 3.8) is 0 Å². The van der Waals surface area contributed by atoms with E-state index >= 15 is 0 Å². The van der Waals surface area contributed by atoms with Crippen molar-refractivity contribution >= 4 is 10.1 Å². The molecule has 0 aliphatic rings. The first-order valence-electron chi connectivity index (χ1n) is 14.8. The molecule has 0 saturated carbocycles. The minimum absolute atomic E-state index is 0. The summed E-state index contributed by atoms with van der Waals surface area (Å²) in [4.78, 5) is 0. The maximum Gasteiger partial charge on any atom is 0.261 e. The van der Waals surface area contributed by atoms with E-state index in [4.69, 9.17) is 14.8 Å². The maximum atomic E-state index is 10.4. The predicted octanol–water partition coefficient (Wildman–Crippen LogP) is 7.70. The van der Waals surface area contributed by atoms with Crippen LogP contribution < -0.4 is 0 Å². The number of aliphatic hydroxyl groups excluding tert-OH is 2. The molecule has 0 fully saturated rings. The Kier molecular flexibility index (Phi) is 42.9. The molecular weight excluding hydrogens is 592 g/mol. The summed E-state index contributed by atoms with van der Waals surface area (Å²) in [6.45, 7) is 30.9. The third-order valence-corrected chi connectivity index (χ3v) is 4.99. The highest BCUT2D eigenvalue weighted by atomic mass is 32.2. The number of allylic oxidation sites excluding steroid dienone is 6. The first-order chi connectivity index (χ1) is 19.6. The fourth-order valence-corrected chi connectivity index (χ4v) is 3.09. The fourth-order valence-electron chi connectivity index (χ4n) is 3.09. The molecule has 1 rings (SSSR count). The summed E-state index contributed by atoms with van der Waals surface area (Å²) in [6.07, 6.45) is 18.0. The summed E-state index contributed by atoms with van der Waals surface area (Å²) in [7, 11) is -1.67. The smallest absolute Gasteiger partial charge is 0.261 e. The third kappa shape index (κ3) is 46.3. The molecule has 270 valence electrons. The van der Waals surface area contributed by atoms with Crippen LogP contribution in [0.1, 0.15) is 112 Å². The largest absolute Gasteiger partial charge is 0.507 e. The molecule has 0 atom stereocenters. The number of aliphatic hydroxyl groups is 2. The molecule has 0 amide bonds. The molecule has 0 heterocycles. The zero-order chi connectivity index (χ0) is 35.4. The Hall–Kier alpha value is -2.27. The van der Waals surface area contributed by atoms with Crippen LogP contribution in [0.2, 0.25) is 0 Å². The Morgan fingerprint density at radius 3 is 1.13 bits per heavy atom. The van der Waals surface area contributed by atoms with Gasteiger partial charge in [0.2, 0.25) is 0 Å². The molecule has 0 radical (unpaired) electrons. The molecule has 8 N–H and O–H groups in total. The van der Waals surface area contributed by atoms with Crippen molar-refractivity contribution in [2.75, 3.05) is 20.5 Å². The number of hydrogen-bond acceptors (Lipinski definition) is 5. The van der Waals surface area contributed by atoms with E-state index in [0.29, 0.717) is 23.8 Å². The summed E-state index contributed by atoms with van der Waals surface area (Å²) < 4.78 is 25.9. The summed E-state index contributed by atoms with van der Waals surface area (Å²) in [5.74, 6) is 1.84. The Balaban J connectivity index is -0.0000000868. The Morgan fingerprint density at radius 1 is 0.711 bits per heavy atom. The quantitative estimate of drug-likeness (QED) is 0.126. The summed E-state index contributed by atoms with van der Waals surface area (Å²) in [5.41, 5.74) is 3.26. The standard InChI is InChI=1S/C15H24O.2C9H16.CH4O3S.2CH4O.2H2O/c1-10-8-11(14(2,3)4)13(16)12(9-10)15(5,6)7;2*1-4-5-6-7-8-9(2)3;1-5(2,3)4;2*1-2;;/h8-9,16H,1-7H3;2*4,7-9H,1,5-6H2,2-3H3;1H3,(H,2,3,4);2*2H,1H3;2*1H2/b;2*8-7+;;;;;. The first-order valence-corrected chi connectivity index (χ1v) is 16.6. The lowest BCUT2D eigenvalue weighted by atomic mass is 9.78. The van der Waals surface area contributed by atoms with Crippen LogP contribution in [-0.2, 0) is 20.9 Å². The fraction of sp³-hybridized carbons (Fsp3) is 0.611. The van der Waals surface area contributed by atoms with Gasteiger partial charge in [0, 0.05) is 14.2 Å². The van der Waals surface area contributed by atoms with Gasteiger partial charge in [0.15, 0.2) is 0 Å². The van der Waals surface area contributed by atoms with Crippen molar-refractivity contribution in [1.82, 2.24) is 0 Å². The molecule has 8 nitrogen and oxygen atoms in total. The number of aromatic hydroxyl groups is 1. The lowest BCUT2D eigenvalue weighted by Crippen LogP contribution is -2.17. The second-order valence-electron chi connectivity index (χ2n) is 12.5.